The monoisotopic (exact) mass is 241 g/mol. The average molecular weight is 241 g/mol. The van der Waals surface area contributed by atoms with Gasteiger partial charge in [0, 0.05) is 12.2 Å². The summed E-state index contributed by atoms with van der Waals surface area (Å²) in [5.74, 6) is -0.626. The molecule has 0 spiro atoms. The summed E-state index contributed by atoms with van der Waals surface area (Å²) in [4.78, 5) is 10.9. The van der Waals surface area contributed by atoms with Gasteiger partial charge in [-0.25, -0.2) is 8.42 Å². The second kappa shape index (κ2) is 3.46. The minimum Gasteiger partial charge on any atom is -0.399 e. The number of hydrogen-bond acceptors (Lipinski definition) is 4. The van der Waals surface area contributed by atoms with Crippen LogP contribution in [0.2, 0.25) is 0 Å². The lowest BCUT2D eigenvalue weighted by Crippen LogP contribution is -2.24. The van der Waals surface area contributed by atoms with Crippen molar-refractivity contribution in [2.75, 3.05) is 12.3 Å². The van der Waals surface area contributed by atoms with Crippen LogP contribution in [0.1, 0.15) is 0 Å². The molecule has 2 atom stereocenters. The van der Waals surface area contributed by atoms with Crippen LogP contribution in [-0.4, -0.2) is 31.2 Å². The summed E-state index contributed by atoms with van der Waals surface area (Å²) in [7, 11) is -3.60. The van der Waals surface area contributed by atoms with Gasteiger partial charge < -0.3 is 11.5 Å². The Hall–Kier alpha value is -1.60. The van der Waals surface area contributed by atoms with Crippen molar-refractivity contribution in [1.82, 2.24) is 4.31 Å². The van der Waals surface area contributed by atoms with Gasteiger partial charge in [-0.1, -0.05) is 0 Å². The molecule has 1 heterocycles. The number of hydrogen-bond donors (Lipinski definition) is 2. The van der Waals surface area contributed by atoms with Crippen molar-refractivity contribution >= 4 is 21.6 Å². The third-order valence-electron chi connectivity index (χ3n) is 2.38. The van der Waals surface area contributed by atoms with Crippen LogP contribution in [0.15, 0.2) is 29.2 Å². The van der Waals surface area contributed by atoms with E-state index in [-0.39, 0.29) is 11.4 Å². The summed E-state index contributed by atoms with van der Waals surface area (Å²) in [6.45, 7) is 0.155. The summed E-state index contributed by atoms with van der Waals surface area (Å²) in [6.07, 6.45) is 0. The molecule has 1 aromatic carbocycles. The Morgan fingerprint density at radius 1 is 1.31 bits per heavy atom. The van der Waals surface area contributed by atoms with Crippen LogP contribution in [-0.2, 0) is 14.8 Å². The van der Waals surface area contributed by atoms with Gasteiger partial charge in [-0.15, -0.1) is 0 Å². The highest BCUT2D eigenvalue weighted by Crippen LogP contribution is 2.28. The standard InChI is InChI=1S/C9H11N3O3S/c10-6-1-3-7(4-2-6)16(14,15)12-5-8(12)9(11)13/h1-4,8H,5,10H2,(H2,11,13). The highest BCUT2D eigenvalue weighted by Gasteiger charge is 2.48. The third kappa shape index (κ3) is 1.74. The SMILES string of the molecule is NC(=O)C1CN1S(=O)(=O)c1ccc(N)cc1. The van der Waals surface area contributed by atoms with Gasteiger partial charge in [0.15, 0.2) is 0 Å². The molecule has 0 radical (unpaired) electrons. The number of nitrogens with zero attached hydrogens (tertiary/aromatic N) is 1. The second-order valence-corrected chi connectivity index (χ2v) is 5.45. The maximum Gasteiger partial charge on any atom is 0.243 e. The minimum atomic E-state index is -3.60. The van der Waals surface area contributed by atoms with E-state index >= 15 is 0 Å². The zero-order valence-electron chi connectivity index (χ0n) is 8.33. The summed E-state index contributed by atoms with van der Waals surface area (Å²) in [6, 6.07) is 5.09. The predicted octanol–water partition coefficient (Wildman–Crippen LogP) is -0.873. The molecule has 16 heavy (non-hydrogen) atoms. The van der Waals surface area contributed by atoms with Crippen LogP contribution in [0.4, 0.5) is 5.69 Å². The van der Waals surface area contributed by atoms with E-state index in [9.17, 15) is 13.2 Å². The first-order chi connectivity index (χ1) is 7.43. The Balaban J connectivity index is 2.28. The number of sulfonamides is 1. The van der Waals surface area contributed by atoms with Crippen molar-refractivity contribution in [3.63, 3.8) is 0 Å². The number of primary amides is 1. The molecule has 7 heteroatoms. The number of anilines is 1. The number of rotatable bonds is 3. The van der Waals surface area contributed by atoms with Crippen molar-refractivity contribution in [2.24, 2.45) is 5.73 Å². The van der Waals surface area contributed by atoms with Crippen LogP contribution in [0, 0.1) is 0 Å². The lowest BCUT2D eigenvalue weighted by Gasteiger charge is -2.05. The fraction of sp³-hybridized carbons (Fsp3) is 0.222. The molecule has 1 aliphatic heterocycles. The third-order valence-corrected chi connectivity index (χ3v) is 4.27. The van der Waals surface area contributed by atoms with Crippen LogP contribution in [0.3, 0.4) is 0 Å². The van der Waals surface area contributed by atoms with E-state index < -0.39 is 22.0 Å². The average Bonchev–Trinajstić information content (AvgIpc) is 2.98. The summed E-state index contributed by atoms with van der Waals surface area (Å²) < 4.78 is 24.9. The lowest BCUT2D eigenvalue weighted by atomic mass is 10.3. The van der Waals surface area contributed by atoms with E-state index in [0.717, 1.165) is 4.31 Å². The number of nitrogen functional groups attached to an aromatic ring is 1. The number of carbonyl (C=O) groups excluding carboxylic acids is 1. The highest BCUT2D eigenvalue weighted by atomic mass is 32.2. The van der Waals surface area contributed by atoms with Crippen molar-refractivity contribution in [3.8, 4) is 0 Å². The molecule has 1 aliphatic rings. The maximum atomic E-state index is 11.9. The second-order valence-electron chi connectivity index (χ2n) is 3.56. The van der Waals surface area contributed by atoms with Gasteiger partial charge in [-0.2, -0.15) is 4.31 Å². The number of amides is 1. The quantitative estimate of drug-likeness (QED) is 0.529. The molecule has 86 valence electrons. The number of carbonyl (C=O) groups is 1. The molecule has 1 amide bonds. The normalized spacial score (nSPS) is 24.0. The van der Waals surface area contributed by atoms with E-state index in [2.05, 4.69) is 0 Å². The molecule has 2 unspecified atom stereocenters. The summed E-state index contributed by atoms with van der Waals surface area (Å²) in [5, 5.41) is 0. The molecule has 1 fully saturated rings. The molecule has 0 aromatic heterocycles. The van der Waals surface area contributed by atoms with E-state index in [1.807, 2.05) is 0 Å². The smallest absolute Gasteiger partial charge is 0.243 e. The van der Waals surface area contributed by atoms with Gasteiger partial charge in [-0.05, 0) is 24.3 Å². The molecule has 6 nitrogen and oxygen atoms in total. The molecule has 0 saturated carbocycles. The largest absolute Gasteiger partial charge is 0.399 e. The van der Waals surface area contributed by atoms with Crippen LogP contribution in [0.5, 0.6) is 0 Å². The molecule has 2 rings (SSSR count). The van der Waals surface area contributed by atoms with Crippen LogP contribution >= 0.6 is 0 Å². The van der Waals surface area contributed by atoms with E-state index in [4.69, 9.17) is 11.5 Å². The summed E-state index contributed by atoms with van der Waals surface area (Å²) >= 11 is 0. The Labute approximate surface area is 92.9 Å². The summed E-state index contributed by atoms with van der Waals surface area (Å²) in [5.41, 5.74) is 11.0. The van der Waals surface area contributed by atoms with Gasteiger partial charge in [0.2, 0.25) is 15.9 Å². The first-order valence-electron chi connectivity index (χ1n) is 4.59. The Morgan fingerprint density at radius 2 is 1.88 bits per heavy atom. The predicted molar refractivity (Wildman–Crippen MR) is 57.7 cm³/mol. The van der Waals surface area contributed by atoms with Crippen molar-refractivity contribution in [3.05, 3.63) is 24.3 Å². The van der Waals surface area contributed by atoms with Gasteiger partial charge >= 0.3 is 0 Å². The zero-order valence-corrected chi connectivity index (χ0v) is 9.15. The maximum absolute atomic E-state index is 11.9. The van der Waals surface area contributed by atoms with E-state index in [0.29, 0.717) is 5.69 Å². The Bertz CT molecular complexity index is 523. The number of nitrogens with two attached hydrogens (primary N) is 2. The molecular weight excluding hydrogens is 230 g/mol. The Morgan fingerprint density at radius 3 is 2.31 bits per heavy atom. The molecule has 0 aliphatic carbocycles. The van der Waals surface area contributed by atoms with Crippen molar-refractivity contribution in [1.29, 1.82) is 0 Å². The van der Waals surface area contributed by atoms with Gasteiger partial charge in [0.25, 0.3) is 0 Å². The molecule has 1 aromatic rings. The van der Waals surface area contributed by atoms with E-state index in [1.54, 1.807) is 0 Å². The first-order valence-corrected chi connectivity index (χ1v) is 6.03. The lowest BCUT2D eigenvalue weighted by molar-refractivity contribution is -0.117. The highest BCUT2D eigenvalue weighted by molar-refractivity contribution is 7.89. The number of benzene rings is 1. The van der Waals surface area contributed by atoms with Crippen molar-refractivity contribution in [2.45, 2.75) is 10.9 Å². The molecule has 1 saturated heterocycles. The fourth-order valence-electron chi connectivity index (χ4n) is 1.40. The minimum absolute atomic E-state index is 0.116. The van der Waals surface area contributed by atoms with Crippen LogP contribution in [0.25, 0.3) is 0 Å². The first kappa shape index (κ1) is 10.9. The van der Waals surface area contributed by atoms with Crippen molar-refractivity contribution < 1.29 is 13.2 Å². The van der Waals surface area contributed by atoms with Gasteiger partial charge in [0.05, 0.1) is 4.90 Å². The topological polar surface area (TPSA) is 106 Å². The van der Waals surface area contributed by atoms with Gasteiger partial charge in [0.1, 0.15) is 6.04 Å². The van der Waals surface area contributed by atoms with Gasteiger partial charge in [-0.3, -0.25) is 4.79 Å². The molecule has 4 N–H and O–H groups in total. The Kier molecular flexibility index (Phi) is 2.36. The molecular formula is C9H11N3O3S. The zero-order chi connectivity index (χ0) is 11.9. The fourth-order valence-corrected chi connectivity index (χ4v) is 2.92. The van der Waals surface area contributed by atoms with Crippen LogP contribution < -0.4 is 11.5 Å². The molecule has 0 bridgehead atoms. The van der Waals surface area contributed by atoms with E-state index in [1.165, 1.54) is 24.3 Å².